The molecule has 7 heteroatoms. The monoisotopic (exact) mass is 364 g/mol. The van der Waals surface area contributed by atoms with Gasteiger partial charge in [-0.25, -0.2) is 0 Å². The van der Waals surface area contributed by atoms with Gasteiger partial charge in [0, 0.05) is 32.5 Å². The average molecular weight is 364 g/mol. The van der Waals surface area contributed by atoms with Crippen LogP contribution in [-0.2, 0) is 12.8 Å². The molecule has 2 aromatic heterocycles. The maximum Gasteiger partial charge on any atom is 0.247 e. The molecule has 0 saturated heterocycles. The molecule has 1 N–H and O–H groups in total. The summed E-state index contributed by atoms with van der Waals surface area (Å²) in [6.07, 6.45) is 7.05. The van der Waals surface area contributed by atoms with Crippen LogP contribution in [0.3, 0.4) is 0 Å². The first-order valence-corrected chi connectivity index (χ1v) is 8.91. The van der Waals surface area contributed by atoms with Crippen LogP contribution in [-0.4, -0.2) is 47.4 Å². The summed E-state index contributed by atoms with van der Waals surface area (Å²) in [7, 11) is 3.64. The predicted octanol–water partition coefficient (Wildman–Crippen LogP) is 2.61. The topological polar surface area (TPSA) is 76.1 Å². The van der Waals surface area contributed by atoms with Gasteiger partial charge in [-0.15, -0.1) is 5.10 Å². The van der Waals surface area contributed by atoms with Crippen molar-refractivity contribution >= 4 is 11.8 Å². The molecule has 0 aliphatic rings. The number of methoxy groups -OCH3 is 1. The number of nitrogens with zero attached hydrogens (tertiary/aromatic N) is 5. The van der Waals surface area contributed by atoms with Crippen LogP contribution in [0.4, 0.5) is 11.8 Å². The Labute approximate surface area is 159 Å². The van der Waals surface area contributed by atoms with Crippen LogP contribution in [0.5, 0.6) is 5.75 Å². The first kappa shape index (κ1) is 18.6. The maximum absolute atomic E-state index is 5.18. The van der Waals surface area contributed by atoms with Gasteiger partial charge in [-0.05, 0) is 48.2 Å². The largest absolute Gasteiger partial charge is 0.497 e. The molecule has 3 rings (SSSR count). The van der Waals surface area contributed by atoms with E-state index in [-0.39, 0.29) is 0 Å². The van der Waals surface area contributed by atoms with Crippen LogP contribution in [0, 0.1) is 0 Å². The number of hydrogen-bond donors (Lipinski definition) is 1. The Kier molecular flexibility index (Phi) is 6.51. The highest BCUT2D eigenvalue weighted by Crippen LogP contribution is 2.12. The Bertz CT molecular complexity index is 825. The van der Waals surface area contributed by atoms with Gasteiger partial charge in [0.05, 0.1) is 13.3 Å². The smallest absolute Gasteiger partial charge is 0.247 e. The van der Waals surface area contributed by atoms with E-state index in [9.17, 15) is 0 Å². The van der Waals surface area contributed by atoms with Crippen molar-refractivity contribution in [1.29, 1.82) is 0 Å². The lowest BCUT2D eigenvalue weighted by molar-refractivity contribution is 0.414. The molecule has 0 aliphatic heterocycles. The normalized spacial score (nSPS) is 10.4. The lowest BCUT2D eigenvalue weighted by atomic mass is 10.1. The molecule has 0 fully saturated rings. The fourth-order valence-electron chi connectivity index (χ4n) is 2.61. The summed E-state index contributed by atoms with van der Waals surface area (Å²) in [5, 5.41) is 11.5. The van der Waals surface area contributed by atoms with Crippen LogP contribution >= 0.6 is 0 Å². The Balaban J connectivity index is 1.50. The van der Waals surface area contributed by atoms with Gasteiger partial charge in [0.2, 0.25) is 5.95 Å². The van der Waals surface area contributed by atoms with Gasteiger partial charge in [-0.2, -0.15) is 10.1 Å². The van der Waals surface area contributed by atoms with Crippen molar-refractivity contribution in [2.24, 2.45) is 0 Å². The molecule has 0 radical (unpaired) electrons. The number of benzene rings is 1. The SMILES string of the molecule is COc1ccc(CCNc2cnnc(N(C)CCc3ccncc3)n2)cc1. The van der Waals surface area contributed by atoms with Crippen molar-refractivity contribution in [2.45, 2.75) is 12.8 Å². The van der Waals surface area contributed by atoms with Gasteiger partial charge >= 0.3 is 0 Å². The average Bonchev–Trinajstić information content (AvgIpc) is 2.73. The second kappa shape index (κ2) is 9.47. The Morgan fingerprint density at radius 2 is 1.74 bits per heavy atom. The summed E-state index contributed by atoms with van der Waals surface area (Å²) >= 11 is 0. The molecule has 0 amide bonds. The molecule has 3 aromatic rings. The molecular weight excluding hydrogens is 340 g/mol. The van der Waals surface area contributed by atoms with Crippen molar-refractivity contribution in [3.05, 3.63) is 66.1 Å². The quantitative estimate of drug-likeness (QED) is 0.625. The Morgan fingerprint density at radius 1 is 1.00 bits per heavy atom. The van der Waals surface area contributed by atoms with Gasteiger partial charge < -0.3 is 15.0 Å². The summed E-state index contributed by atoms with van der Waals surface area (Å²) in [6.45, 7) is 1.58. The molecule has 0 spiro atoms. The fraction of sp³-hybridized carbons (Fsp3) is 0.300. The molecule has 0 unspecified atom stereocenters. The highest BCUT2D eigenvalue weighted by atomic mass is 16.5. The molecule has 1 aromatic carbocycles. The lowest BCUT2D eigenvalue weighted by Gasteiger charge is -2.17. The van der Waals surface area contributed by atoms with Crippen LogP contribution < -0.4 is 15.0 Å². The summed E-state index contributed by atoms with van der Waals surface area (Å²) in [5.41, 5.74) is 2.47. The van der Waals surface area contributed by atoms with Crippen molar-refractivity contribution in [3.63, 3.8) is 0 Å². The van der Waals surface area contributed by atoms with E-state index in [2.05, 4.69) is 37.6 Å². The Morgan fingerprint density at radius 3 is 2.48 bits per heavy atom. The highest BCUT2D eigenvalue weighted by molar-refractivity contribution is 5.39. The van der Waals surface area contributed by atoms with Crippen LogP contribution in [0.1, 0.15) is 11.1 Å². The first-order valence-electron chi connectivity index (χ1n) is 8.91. The molecule has 0 bridgehead atoms. The molecule has 140 valence electrons. The third-order valence-electron chi connectivity index (χ3n) is 4.25. The van der Waals surface area contributed by atoms with E-state index in [0.717, 1.165) is 37.5 Å². The predicted molar refractivity (Wildman–Crippen MR) is 106 cm³/mol. The summed E-state index contributed by atoms with van der Waals surface area (Å²) < 4.78 is 5.18. The molecule has 0 atom stereocenters. The van der Waals surface area contributed by atoms with Crippen molar-refractivity contribution < 1.29 is 4.74 Å². The summed E-state index contributed by atoms with van der Waals surface area (Å²) in [5.74, 6) is 2.20. The molecule has 27 heavy (non-hydrogen) atoms. The van der Waals surface area contributed by atoms with Gasteiger partial charge in [-0.1, -0.05) is 12.1 Å². The second-order valence-electron chi connectivity index (χ2n) is 6.19. The van der Waals surface area contributed by atoms with Crippen LogP contribution in [0.25, 0.3) is 0 Å². The van der Waals surface area contributed by atoms with Gasteiger partial charge in [0.25, 0.3) is 0 Å². The van der Waals surface area contributed by atoms with Crippen LogP contribution in [0.2, 0.25) is 0 Å². The number of rotatable bonds is 9. The minimum absolute atomic E-state index is 0.610. The lowest BCUT2D eigenvalue weighted by Crippen LogP contribution is -2.23. The molecule has 2 heterocycles. The van der Waals surface area contributed by atoms with E-state index in [1.165, 1.54) is 11.1 Å². The maximum atomic E-state index is 5.18. The third kappa shape index (κ3) is 5.64. The zero-order valence-corrected chi connectivity index (χ0v) is 15.7. The number of nitrogens with one attached hydrogen (secondary N) is 1. The Hall–Kier alpha value is -3.22. The third-order valence-corrected chi connectivity index (χ3v) is 4.25. The molecule has 0 aliphatic carbocycles. The van der Waals surface area contributed by atoms with Crippen LogP contribution in [0.15, 0.2) is 55.0 Å². The number of anilines is 2. The summed E-state index contributed by atoms with van der Waals surface area (Å²) in [4.78, 5) is 10.6. The minimum atomic E-state index is 0.610. The number of hydrogen-bond acceptors (Lipinski definition) is 7. The van der Waals surface area contributed by atoms with Gasteiger partial charge in [0.1, 0.15) is 5.75 Å². The summed E-state index contributed by atoms with van der Waals surface area (Å²) in [6, 6.07) is 12.1. The number of pyridine rings is 1. The zero-order valence-electron chi connectivity index (χ0n) is 15.7. The minimum Gasteiger partial charge on any atom is -0.497 e. The van der Waals surface area contributed by atoms with Crippen molar-refractivity contribution in [2.75, 3.05) is 37.5 Å². The second-order valence-corrected chi connectivity index (χ2v) is 6.19. The fourth-order valence-corrected chi connectivity index (χ4v) is 2.61. The van der Waals surface area contributed by atoms with E-state index in [1.54, 1.807) is 25.7 Å². The number of aromatic nitrogens is 4. The van der Waals surface area contributed by atoms with E-state index < -0.39 is 0 Å². The van der Waals surface area contributed by atoms with E-state index in [0.29, 0.717) is 5.95 Å². The van der Waals surface area contributed by atoms with Gasteiger partial charge in [0.15, 0.2) is 5.82 Å². The highest BCUT2D eigenvalue weighted by Gasteiger charge is 2.07. The van der Waals surface area contributed by atoms with Gasteiger partial charge in [-0.3, -0.25) is 4.98 Å². The van der Waals surface area contributed by atoms with Crippen molar-refractivity contribution in [3.8, 4) is 5.75 Å². The zero-order chi connectivity index (χ0) is 18.9. The number of ether oxygens (including phenoxy) is 1. The molecule has 7 nitrogen and oxygen atoms in total. The molecular formula is C20H24N6O. The van der Waals surface area contributed by atoms with E-state index >= 15 is 0 Å². The van der Waals surface area contributed by atoms with Crippen molar-refractivity contribution in [1.82, 2.24) is 20.2 Å². The first-order chi connectivity index (χ1) is 13.2. The van der Waals surface area contributed by atoms with E-state index in [1.807, 2.05) is 36.2 Å². The van der Waals surface area contributed by atoms with E-state index in [4.69, 9.17) is 4.74 Å². The standard InChI is InChI=1S/C20H24N6O/c1-26(14-10-17-7-11-21-12-8-17)20-24-19(15-23-25-20)22-13-9-16-3-5-18(27-2)6-4-16/h3-8,11-12,15H,9-10,13-14H2,1-2H3,(H,22,24,25). The number of likely N-dealkylation sites (N-methyl/N-ethyl adjacent to an activating group) is 1. The molecule has 0 saturated carbocycles.